The SMILES string of the molecule is CS[C@H]1[C@@H](NC(=O)COC(=O)OCC(Cl)(Cl)Cl)C(=O)N1C(C(=O)O)=C(C)C. The molecule has 2 atom stereocenters. The summed E-state index contributed by atoms with van der Waals surface area (Å²) in [6, 6.07) is -0.956. The zero-order chi connectivity index (χ0) is 20.9. The van der Waals surface area contributed by atoms with Crippen molar-refractivity contribution in [3.63, 3.8) is 0 Å². The molecule has 2 N–H and O–H groups in total. The number of aliphatic carboxylic acids is 1. The maximum Gasteiger partial charge on any atom is 0.508 e. The van der Waals surface area contributed by atoms with Gasteiger partial charge in [0.05, 0.1) is 0 Å². The van der Waals surface area contributed by atoms with Gasteiger partial charge in [-0.05, 0) is 25.7 Å². The molecule has 0 aromatic rings. The van der Waals surface area contributed by atoms with Gasteiger partial charge < -0.3 is 19.9 Å². The Balaban J connectivity index is 2.61. The van der Waals surface area contributed by atoms with Crippen molar-refractivity contribution >= 4 is 70.5 Å². The fraction of sp³-hybridized carbons (Fsp3) is 0.571. The van der Waals surface area contributed by atoms with E-state index in [1.165, 1.54) is 11.8 Å². The minimum atomic E-state index is -1.82. The predicted molar refractivity (Wildman–Crippen MR) is 99.7 cm³/mol. The third-order valence-corrected chi connectivity index (χ3v) is 4.49. The van der Waals surface area contributed by atoms with Crippen LogP contribution in [-0.2, 0) is 23.9 Å². The van der Waals surface area contributed by atoms with Crippen LogP contribution in [0.3, 0.4) is 0 Å². The van der Waals surface area contributed by atoms with Gasteiger partial charge in [0.1, 0.15) is 23.7 Å². The normalized spacial score (nSPS) is 19.0. The summed E-state index contributed by atoms with van der Waals surface area (Å²) in [6.07, 6.45) is 0.440. The molecule has 1 fully saturated rings. The van der Waals surface area contributed by atoms with Gasteiger partial charge >= 0.3 is 12.1 Å². The molecule has 0 aromatic heterocycles. The van der Waals surface area contributed by atoms with Crippen LogP contribution in [0.1, 0.15) is 13.8 Å². The molecule has 1 heterocycles. The number of thioether (sulfide) groups is 1. The molecule has 0 aromatic carbocycles. The number of carbonyl (C=O) groups excluding carboxylic acids is 3. The van der Waals surface area contributed by atoms with Crippen LogP contribution < -0.4 is 5.32 Å². The largest absolute Gasteiger partial charge is 0.508 e. The Morgan fingerprint density at radius 2 is 1.85 bits per heavy atom. The molecule has 2 amide bonds. The number of hydrogen-bond donors (Lipinski definition) is 2. The summed E-state index contributed by atoms with van der Waals surface area (Å²) in [5.74, 6) is -2.60. The molecule has 27 heavy (non-hydrogen) atoms. The van der Waals surface area contributed by atoms with Crippen molar-refractivity contribution < 1.29 is 33.8 Å². The van der Waals surface area contributed by atoms with Gasteiger partial charge in [0.2, 0.25) is 3.79 Å². The Kier molecular flexibility index (Phi) is 8.52. The fourth-order valence-corrected chi connectivity index (χ4v) is 3.20. The number of allylic oxidation sites excluding steroid dienone is 1. The van der Waals surface area contributed by atoms with Crippen LogP contribution >= 0.6 is 46.6 Å². The van der Waals surface area contributed by atoms with Crippen molar-refractivity contribution in [3.8, 4) is 0 Å². The lowest BCUT2D eigenvalue weighted by Crippen LogP contribution is -2.69. The fourth-order valence-electron chi connectivity index (χ4n) is 2.16. The minimum Gasteiger partial charge on any atom is -0.477 e. The van der Waals surface area contributed by atoms with Gasteiger partial charge in [-0.3, -0.25) is 14.5 Å². The Hall–Kier alpha value is -1.36. The van der Waals surface area contributed by atoms with E-state index in [9.17, 15) is 24.3 Å². The molecule has 1 saturated heterocycles. The number of hydrogen-bond acceptors (Lipinski definition) is 7. The van der Waals surface area contributed by atoms with Gasteiger partial charge in [-0.1, -0.05) is 34.8 Å². The van der Waals surface area contributed by atoms with Crippen LogP contribution in [-0.4, -0.2) is 68.6 Å². The molecule has 1 aliphatic heterocycles. The van der Waals surface area contributed by atoms with Gasteiger partial charge in [0.15, 0.2) is 6.61 Å². The van der Waals surface area contributed by atoms with Crippen molar-refractivity contribution in [1.29, 1.82) is 0 Å². The van der Waals surface area contributed by atoms with Gasteiger partial charge in [0, 0.05) is 0 Å². The summed E-state index contributed by atoms with van der Waals surface area (Å²) in [5, 5.41) is 11.1. The first-order chi connectivity index (χ1) is 12.4. The molecular weight excluding hydrogens is 447 g/mol. The first-order valence-electron chi connectivity index (χ1n) is 7.31. The minimum absolute atomic E-state index is 0.142. The van der Waals surface area contributed by atoms with Crippen LogP contribution in [0, 0.1) is 0 Å². The molecule has 0 spiro atoms. The maximum absolute atomic E-state index is 12.3. The molecule has 152 valence electrons. The van der Waals surface area contributed by atoms with Gasteiger partial charge in [-0.15, -0.1) is 11.8 Å². The summed E-state index contributed by atoms with van der Waals surface area (Å²) in [6.45, 7) is 1.84. The lowest BCUT2D eigenvalue weighted by atomic mass is 10.0. The number of alkyl halides is 3. The highest BCUT2D eigenvalue weighted by molar-refractivity contribution is 7.99. The average molecular weight is 464 g/mol. The number of carboxylic acid groups (broad SMARTS) is 1. The molecular formula is C14H17Cl3N2O7S. The zero-order valence-corrected chi connectivity index (χ0v) is 17.5. The molecule has 9 nitrogen and oxygen atoms in total. The predicted octanol–water partition coefficient (Wildman–Crippen LogP) is 1.90. The van der Waals surface area contributed by atoms with Crippen LogP contribution in [0.2, 0.25) is 0 Å². The number of carbonyl (C=O) groups is 4. The monoisotopic (exact) mass is 462 g/mol. The second kappa shape index (κ2) is 9.72. The van der Waals surface area contributed by atoms with Crippen LogP contribution in [0.15, 0.2) is 11.3 Å². The molecule has 0 unspecified atom stereocenters. The first kappa shape index (κ1) is 23.7. The standard InChI is InChI=1S/C14H17Cl3N2O7S/c1-6(2)9(12(22)23)19-10(21)8(11(19)27-3)18-7(20)4-25-13(24)26-5-14(15,16)17/h8,11H,4-5H2,1-3H3,(H,18,20)(H,22,23)/t8-,11-/m0/s1. The second-order valence-electron chi connectivity index (χ2n) is 5.48. The van der Waals surface area contributed by atoms with E-state index >= 15 is 0 Å². The Bertz CT molecular complexity index is 662. The van der Waals surface area contributed by atoms with E-state index in [0.29, 0.717) is 5.57 Å². The third kappa shape index (κ3) is 6.63. The molecule has 1 aliphatic rings. The van der Waals surface area contributed by atoms with Gasteiger partial charge in [0.25, 0.3) is 11.8 Å². The van der Waals surface area contributed by atoms with Crippen LogP contribution in [0.4, 0.5) is 4.79 Å². The Morgan fingerprint density at radius 3 is 2.30 bits per heavy atom. The summed E-state index contributed by atoms with van der Waals surface area (Å²) in [4.78, 5) is 47.9. The van der Waals surface area contributed by atoms with Crippen LogP contribution in [0.25, 0.3) is 0 Å². The molecule has 0 radical (unpaired) electrons. The van der Waals surface area contributed by atoms with E-state index in [1.54, 1.807) is 20.1 Å². The number of halogens is 3. The first-order valence-corrected chi connectivity index (χ1v) is 9.73. The lowest BCUT2D eigenvalue weighted by Gasteiger charge is -2.46. The Labute approximate surface area is 174 Å². The van der Waals surface area contributed by atoms with Gasteiger partial charge in [-0.25, -0.2) is 9.59 Å². The highest BCUT2D eigenvalue weighted by atomic mass is 35.6. The summed E-state index contributed by atoms with van der Waals surface area (Å²) in [7, 11) is 0. The number of likely N-dealkylation sites (tertiary alicyclic amines) is 1. The molecule has 0 aliphatic carbocycles. The van der Waals surface area contributed by atoms with E-state index in [4.69, 9.17) is 34.8 Å². The Morgan fingerprint density at radius 1 is 1.26 bits per heavy atom. The van der Waals surface area contributed by atoms with E-state index in [1.807, 2.05) is 0 Å². The van der Waals surface area contributed by atoms with Crippen LogP contribution in [0.5, 0.6) is 0 Å². The smallest absolute Gasteiger partial charge is 0.477 e. The number of nitrogens with one attached hydrogen (secondary N) is 1. The van der Waals surface area contributed by atoms with Crippen molar-refractivity contribution in [1.82, 2.24) is 10.2 Å². The van der Waals surface area contributed by atoms with E-state index in [-0.39, 0.29) is 5.70 Å². The highest BCUT2D eigenvalue weighted by Crippen LogP contribution is 2.33. The maximum atomic E-state index is 12.3. The number of ether oxygens (including phenoxy) is 2. The average Bonchev–Trinajstić information content (AvgIpc) is 2.55. The lowest BCUT2D eigenvalue weighted by molar-refractivity contribution is -0.150. The van der Waals surface area contributed by atoms with E-state index in [0.717, 1.165) is 4.90 Å². The zero-order valence-electron chi connectivity index (χ0n) is 14.5. The van der Waals surface area contributed by atoms with E-state index in [2.05, 4.69) is 14.8 Å². The number of carboxylic acids is 1. The van der Waals surface area contributed by atoms with Crippen molar-refractivity contribution in [2.24, 2.45) is 0 Å². The summed E-state index contributed by atoms with van der Waals surface area (Å²) in [5.41, 5.74) is 0.302. The van der Waals surface area contributed by atoms with Crippen molar-refractivity contribution in [3.05, 3.63) is 11.3 Å². The van der Waals surface area contributed by atoms with Crippen molar-refractivity contribution in [2.45, 2.75) is 29.1 Å². The number of amides is 2. The number of rotatable bonds is 7. The second-order valence-corrected chi connectivity index (χ2v) is 8.95. The molecule has 0 bridgehead atoms. The number of β-lactam (4-membered cyclic amide) rings is 1. The topological polar surface area (TPSA) is 122 Å². The van der Waals surface area contributed by atoms with Crippen molar-refractivity contribution in [2.75, 3.05) is 19.5 Å². The molecule has 1 rings (SSSR count). The number of nitrogens with zero attached hydrogens (tertiary/aromatic N) is 1. The van der Waals surface area contributed by atoms with E-state index < -0.39 is 52.4 Å². The molecule has 0 saturated carbocycles. The summed E-state index contributed by atoms with van der Waals surface area (Å²) >= 11 is 17.4. The van der Waals surface area contributed by atoms with Gasteiger partial charge in [-0.2, -0.15) is 0 Å². The summed E-state index contributed by atoms with van der Waals surface area (Å²) < 4.78 is 7.20. The molecule has 13 heteroatoms. The highest BCUT2D eigenvalue weighted by Gasteiger charge is 2.51. The third-order valence-electron chi connectivity index (χ3n) is 3.19. The quantitative estimate of drug-likeness (QED) is 0.254.